The fourth-order valence-electron chi connectivity index (χ4n) is 3.03. The third-order valence-electron chi connectivity index (χ3n) is 4.63. The summed E-state index contributed by atoms with van der Waals surface area (Å²) in [4.78, 5) is 50.0. The Kier molecular flexibility index (Phi) is 7.77. The van der Waals surface area contributed by atoms with Crippen LogP contribution in [0.5, 0.6) is 0 Å². The number of carbonyl (C=O) groups excluding carboxylic acids is 4. The van der Waals surface area contributed by atoms with Gasteiger partial charge < -0.3 is 10.6 Å². The van der Waals surface area contributed by atoms with Gasteiger partial charge in [-0.1, -0.05) is 36.4 Å². The van der Waals surface area contributed by atoms with Crippen molar-refractivity contribution < 1.29 is 23.6 Å². The minimum Gasteiger partial charge on any atom is -0.354 e. The van der Waals surface area contributed by atoms with Gasteiger partial charge in [0.1, 0.15) is 5.82 Å². The van der Waals surface area contributed by atoms with Crippen LogP contribution >= 0.6 is 11.8 Å². The predicted octanol–water partition coefficient (Wildman–Crippen LogP) is 3.19. The van der Waals surface area contributed by atoms with Crippen LogP contribution in [-0.2, 0) is 9.59 Å². The average Bonchev–Trinajstić information content (AvgIpc) is 3.03. The van der Waals surface area contributed by atoms with E-state index in [1.54, 1.807) is 43.3 Å². The van der Waals surface area contributed by atoms with Crippen molar-refractivity contribution in [1.29, 1.82) is 0 Å². The van der Waals surface area contributed by atoms with Gasteiger partial charge >= 0.3 is 0 Å². The van der Waals surface area contributed by atoms with Crippen LogP contribution in [0, 0.1) is 5.82 Å². The first-order chi connectivity index (χ1) is 15.3. The topological polar surface area (TPSA) is 95.6 Å². The average molecular weight is 456 g/mol. The second-order valence-corrected chi connectivity index (χ2v) is 8.14. The third kappa shape index (κ3) is 6.04. The van der Waals surface area contributed by atoms with Gasteiger partial charge in [0.25, 0.3) is 17.1 Å². The molecule has 0 saturated carbocycles. The van der Waals surface area contributed by atoms with Crippen molar-refractivity contribution in [2.75, 3.05) is 13.1 Å². The van der Waals surface area contributed by atoms with E-state index in [0.29, 0.717) is 5.56 Å². The lowest BCUT2D eigenvalue weighted by Crippen LogP contribution is -2.40. The van der Waals surface area contributed by atoms with Gasteiger partial charge in [0, 0.05) is 36.7 Å². The van der Waals surface area contributed by atoms with Gasteiger partial charge in [-0.15, -0.1) is 0 Å². The van der Waals surface area contributed by atoms with Crippen LogP contribution in [0.15, 0.2) is 59.5 Å². The van der Waals surface area contributed by atoms with Crippen LogP contribution < -0.4 is 10.6 Å². The first-order valence-corrected chi connectivity index (χ1v) is 10.8. The zero-order valence-corrected chi connectivity index (χ0v) is 18.2. The number of rotatable bonds is 8. The maximum Gasteiger partial charge on any atom is 0.293 e. The van der Waals surface area contributed by atoms with E-state index in [2.05, 4.69) is 10.6 Å². The van der Waals surface area contributed by atoms with E-state index >= 15 is 0 Å². The highest BCUT2D eigenvalue weighted by molar-refractivity contribution is 8.18. The van der Waals surface area contributed by atoms with Crippen molar-refractivity contribution in [1.82, 2.24) is 15.5 Å². The normalized spacial score (nSPS) is 15.7. The molecule has 1 heterocycles. The van der Waals surface area contributed by atoms with Gasteiger partial charge in [-0.05, 0) is 43.0 Å². The predicted molar refractivity (Wildman–Crippen MR) is 120 cm³/mol. The van der Waals surface area contributed by atoms with Gasteiger partial charge in [0.05, 0.1) is 4.91 Å². The van der Waals surface area contributed by atoms with Crippen LogP contribution in [0.25, 0.3) is 6.08 Å². The van der Waals surface area contributed by atoms with E-state index in [0.717, 1.165) is 16.7 Å². The fraction of sp³-hybridized carbons (Fsp3) is 0.217. The standard InChI is InChI=1S/C23H22FN3O4S/c1-15(26-21(29)16-7-3-2-4-8-16)13-20(28)25-11-12-27-22(30)19(32-23(27)31)14-17-9-5-6-10-18(17)24/h2-10,14-15H,11-13H2,1H3,(H,25,28)(H,26,29)/b19-14+. The summed E-state index contributed by atoms with van der Waals surface area (Å²) in [6.45, 7) is 1.78. The third-order valence-corrected chi connectivity index (χ3v) is 5.54. The molecule has 2 aromatic carbocycles. The summed E-state index contributed by atoms with van der Waals surface area (Å²) < 4.78 is 13.8. The highest BCUT2D eigenvalue weighted by Gasteiger charge is 2.34. The summed E-state index contributed by atoms with van der Waals surface area (Å²) >= 11 is 0.731. The molecular formula is C23H22FN3O4S. The number of hydrogen-bond acceptors (Lipinski definition) is 5. The second kappa shape index (κ2) is 10.7. The first kappa shape index (κ1) is 23.2. The Morgan fingerprint density at radius 2 is 1.78 bits per heavy atom. The number of hydrogen-bond donors (Lipinski definition) is 2. The molecule has 3 rings (SSSR count). The van der Waals surface area contributed by atoms with Gasteiger partial charge in [0.2, 0.25) is 5.91 Å². The van der Waals surface area contributed by atoms with Crippen molar-refractivity contribution in [2.24, 2.45) is 0 Å². The number of thioether (sulfide) groups is 1. The highest BCUT2D eigenvalue weighted by atomic mass is 32.2. The molecule has 0 radical (unpaired) electrons. The lowest BCUT2D eigenvalue weighted by atomic mass is 10.1. The smallest absolute Gasteiger partial charge is 0.293 e. The number of imide groups is 1. The van der Waals surface area contributed by atoms with Crippen molar-refractivity contribution in [2.45, 2.75) is 19.4 Å². The molecule has 1 aliphatic rings. The SMILES string of the molecule is CC(CC(=O)NCCN1C(=O)S/C(=C/c2ccccc2F)C1=O)NC(=O)c1ccccc1. The molecule has 1 atom stereocenters. The van der Waals surface area contributed by atoms with Crippen LogP contribution in [0.2, 0.25) is 0 Å². The monoisotopic (exact) mass is 455 g/mol. The Morgan fingerprint density at radius 3 is 2.50 bits per heavy atom. The first-order valence-electron chi connectivity index (χ1n) is 9.97. The number of amides is 4. The fourth-order valence-corrected chi connectivity index (χ4v) is 3.89. The molecular weight excluding hydrogens is 433 g/mol. The molecule has 2 N–H and O–H groups in total. The summed E-state index contributed by atoms with van der Waals surface area (Å²) in [6, 6.07) is 14.2. The van der Waals surface area contributed by atoms with E-state index in [9.17, 15) is 23.6 Å². The van der Waals surface area contributed by atoms with E-state index < -0.39 is 23.0 Å². The molecule has 0 aliphatic carbocycles. The molecule has 0 bridgehead atoms. The zero-order valence-electron chi connectivity index (χ0n) is 17.3. The van der Waals surface area contributed by atoms with Gasteiger partial charge in [-0.2, -0.15) is 0 Å². The minimum atomic E-state index is -0.527. The number of nitrogens with one attached hydrogen (secondary N) is 2. The van der Waals surface area contributed by atoms with Crippen molar-refractivity contribution in [3.05, 3.63) is 76.4 Å². The molecule has 0 aromatic heterocycles. The highest BCUT2D eigenvalue weighted by Crippen LogP contribution is 2.32. The molecule has 1 fully saturated rings. The Morgan fingerprint density at radius 1 is 1.09 bits per heavy atom. The van der Waals surface area contributed by atoms with E-state index in [-0.39, 0.29) is 41.8 Å². The summed E-state index contributed by atoms with van der Waals surface area (Å²) in [7, 11) is 0. The summed E-state index contributed by atoms with van der Waals surface area (Å²) in [5, 5.41) is 4.91. The second-order valence-electron chi connectivity index (χ2n) is 7.15. The van der Waals surface area contributed by atoms with E-state index in [1.165, 1.54) is 24.3 Å². The Bertz CT molecular complexity index is 1060. The zero-order chi connectivity index (χ0) is 23.1. The molecule has 32 heavy (non-hydrogen) atoms. The Labute approximate surface area is 189 Å². The van der Waals surface area contributed by atoms with E-state index in [1.807, 2.05) is 0 Å². The minimum absolute atomic E-state index is 0.00419. The summed E-state index contributed by atoms with van der Waals surface area (Å²) in [5.74, 6) is -1.61. The number of benzene rings is 2. The number of halogens is 1. The van der Waals surface area contributed by atoms with Crippen molar-refractivity contribution >= 4 is 40.8 Å². The molecule has 1 saturated heterocycles. The van der Waals surface area contributed by atoms with Crippen LogP contribution in [0.3, 0.4) is 0 Å². The molecule has 1 aliphatic heterocycles. The Hall–Kier alpha value is -3.46. The maximum atomic E-state index is 13.8. The molecule has 166 valence electrons. The van der Waals surface area contributed by atoms with Crippen LogP contribution in [0.1, 0.15) is 29.3 Å². The summed E-state index contributed by atoms with van der Waals surface area (Å²) in [5.41, 5.74) is 0.723. The summed E-state index contributed by atoms with van der Waals surface area (Å²) in [6.07, 6.45) is 1.39. The quantitative estimate of drug-likeness (QED) is 0.596. The van der Waals surface area contributed by atoms with Gasteiger partial charge in [0.15, 0.2) is 0 Å². The molecule has 7 nitrogen and oxygen atoms in total. The van der Waals surface area contributed by atoms with Gasteiger partial charge in [-0.3, -0.25) is 24.1 Å². The number of carbonyl (C=O) groups is 4. The Balaban J connectivity index is 1.46. The molecule has 4 amide bonds. The maximum absolute atomic E-state index is 13.8. The lowest BCUT2D eigenvalue weighted by molar-refractivity contribution is -0.124. The lowest BCUT2D eigenvalue weighted by Gasteiger charge is -2.15. The van der Waals surface area contributed by atoms with Crippen molar-refractivity contribution in [3.8, 4) is 0 Å². The largest absolute Gasteiger partial charge is 0.354 e. The van der Waals surface area contributed by atoms with E-state index in [4.69, 9.17) is 0 Å². The molecule has 9 heteroatoms. The molecule has 2 aromatic rings. The van der Waals surface area contributed by atoms with Crippen LogP contribution in [-0.4, -0.2) is 47.0 Å². The molecule has 0 spiro atoms. The van der Waals surface area contributed by atoms with Crippen molar-refractivity contribution in [3.63, 3.8) is 0 Å². The van der Waals surface area contributed by atoms with Gasteiger partial charge in [-0.25, -0.2) is 4.39 Å². The van der Waals surface area contributed by atoms with Crippen LogP contribution in [0.4, 0.5) is 9.18 Å². The number of nitrogens with zero attached hydrogens (tertiary/aromatic N) is 1. The molecule has 1 unspecified atom stereocenters.